The second-order valence-electron chi connectivity index (χ2n) is 5.38. The van der Waals surface area contributed by atoms with Crippen LogP contribution in [0.25, 0.3) is 10.9 Å². The van der Waals surface area contributed by atoms with Crippen LogP contribution in [0.4, 0.5) is 0 Å². The fourth-order valence-corrected chi connectivity index (χ4v) is 3.07. The Labute approximate surface area is 108 Å². The van der Waals surface area contributed by atoms with Gasteiger partial charge in [0.05, 0.1) is 7.11 Å². The summed E-state index contributed by atoms with van der Waals surface area (Å²) >= 11 is 0. The first-order valence-electron chi connectivity index (χ1n) is 6.54. The van der Waals surface area contributed by atoms with E-state index in [1.165, 1.54) is 35.7 Å². The van der Waals surface area contributed by atoms with Crippen molar-refractivity contribution in [2.75, 3.05) is 13.7 Å². The van der Waals surface area contributed by atoms with Crippen molar-refractivity contribution < 1.29 is 4.74 Å². The van der Waals surface area contributed by atoms with Gasteiger partial charge in [-0.1, -0.05) is 6.42 Å². The maximum Gasteiger partial charge on any atom is 0.123 e. The number of nitrogens with zero attached hydrogens (tertiary/aromatic N) is 1. The number of methoxy groups -OCH3 is 1. The smallest absolute Gasteiger partial charge is 0.123 e. The zero-order valence-corrected chi connectivity index (χ0v) is 11.1. The van der Waals surface area contributed by atoms with Crippen LogP contribution in [-0.4, -0.2) is 18.2 Å². The molecule has 0 radical (unpaired) electrons. The number of ether oxygens (including phenoxy) is 1. The third kappa shape index (κ3) is 1.47. The first-order chi connectivity index (χ1) is 8.70. The second kappa shape index (κ2) is 4.02. The molecular formula is C15H20N2O. The van der Waals surface area contributed by atoms with E-state index in [0.717, 1.165) is 5.75 Å². The summed E-state index contributed by atoms with van der Waals surface area (Å²) in [5, 5.41) is 1.23. The van der Waals surface area contributed by atoms with Crippen LogP contribution in [-0.2, 0) is 12.5 Å². The molecule has 0 spiro atoms. The Hall–Kier alpha value is -1.48. The SMILES string of the molecule is COc1cc2ccn(C)c2cc1C1(CN)CCC1. The molecule has 0 bridgehead atoms. The van der Waals surface area contributed by atoms with Gasteiger partial charge < -0.3 is 15.0 Å². The molecule has 2 N–H and O–H groups in total. The lowest BCUT2D eigenvalue weighted by atomic mass is 9.64. The summed E-state index contributed by atoms with van der Waals surface area (Å²) in [6, 6.07) is 6.53. The number of fused-ring (bicyclic) bond motifs is 1. The van der Waals surface area contributed by atoms with Crippen LogP contribution in [0.15, 0.2) is 24.4 Å². The van der Waals surface area contributed by atoms with Gasteiger partial charge in [-0.05, 0) is 31.0 Å². The lowest BCUT2D eigenvalue weighted by Gasteiger charge is -2.42. The van der Waals surface area contributed by atoms with Crippen molar-refractivity contribution in [2.45, 2.75) is 24.7 Å². The van der Waals surface area contributed by atoms with Gasteiger partial charge in [-0.3, -0.25) is 0 Å². The summed E-state index contributed by atoms with van der Waals surface area (Å²) in [7, 11) is 3.82. The zero-order chi connectivity index (χ0) is 12.8. The van der Waals surface area contributed by atoms with E-state index in [-0.39, 0.29) is 5.41 Å². The molecule has 1 fully saturated rings. The molecule has 1 aliphatic rings. The van der Waals surface area contributed by atoms with Gasteiger partial charge in [0.25, 0.3) is 0 Å². The molecule has 1 aromatic heterocycles. The van der Waals surface area contributed by atoms with Crippen molar-refractivity contribution in [1.82, 2.24) is 4.57 Å². The van der Waals surface area contributed by atoms with E-state index >= 15 is 0 Å². The Kier molecular flexibility index (Phi) is 2.59. The summed E-state index contributed by atoms with van der Waals surface area (Å²) in [6.45, 7) is 0.708. The monoisotopic (exact) mass is 244 g/mol. The molecule has 18 heavy (non-hydrogen) atoms. The van der Waals surface area contributed by atoms with Crippen molar-refractivity contribution in [2.24, 2.45) is 12.8 Å². The van der Waals surface area contributed by atoms with Gasteiger partial charge in [0.1, 0.15) is 5.75 Å². The summed E-state index contributed by atoms with van der Waals surface area (Å²) in [6.07, 6.45) is 5.71. The van der Waals surface area contributed by atoms with Gasteiger partial charge in [0, 0.05) is 41.7 Å². The topological polar surface area (TPSA) is 40.2 Å². The minimum Gasteiger partial charge on any atom is -0.496 e. The highest BCUT2D eigenvalue weighted by molar-refractivity contribution is 5.83. The van der Waals surface area contributed by atoms with Crippen molar-refractivity contribution in [1.29, 1.82) is 0 Å². The zero-order valence-electron chi connectivity index (χ0n) is 11.1. The van der Waals surface area contributed by atoms with Gasteiger partial charge in [-0.15, -0.1) is 0 Å². The average molecular weight is 244 g/mol. The number of aromatic nitrogens is 1. The van der Waals surface area contributed by atoms with Gasteiger partial charge in [0.2, 0.25) is 0 Å². The molecule has 0 amide bonds. The number of aryl methyl sites for hydroxylation is 1. The van der Waals surface area contributed by atoms with Crippen LogP contribution < -0.4 is 10.5 Å². The number of hydrogen-bond donors (Lipinski definition) is 1. The van der Waals surface area contributed by atoms with E-state index in [4.69, 9.17) is 10.5 Å². The summed E-state index contributed by atoms with van der Waals surface area (Å²) < 4.78 is 7.74. The Bertz CT molecular complexity index is 576. The fourth-order valence-electron chi connectivity index (χ4n) is 3.07. The van der Waals surface area contributed by atoms with Gasteiger partial charge in [-0.2, -0.15) is 0 Å². The van der Waals surface area contributed by atoms with Crippen LogP contribution >= 0.6 is 0 Å². The Morgan fingerprint density at radius 1 is 1.39 bits per heavy atom. The predicted octanol–water partition coefficient (Wildman–Crippen LogP) is 2.57. The van der Waals surface area contributed by atoms with E-state index in [1.807, 2.05) is 0 Å². The van der Waals surface area contributed by atoms with Crippen LogP contribution in [0.1, 0.15) is 24.8 Å². The molecule has 1 saturated carbocycles. The largest absolute Gasteiger partial charge is 0.496 e. The summed E-state index contributed by atoms with van der Waals surface area (Å²) in [5.74, 6) is 0.985. The first-order valence-corrected chi connectivity index (χ1v) is 6.54. The predicted molar refractivity (Wildman–Crippen MR) is 74.1 cm³/mol. The maximum atomic E-state index is 6.02. The number of nitrogens with two attached hydrogens (primary N) is 1. The van der Waals surface area contributed by atoms with Gasteiger partial charge in [-0.25, -0.2) is 0 Å². The van der Waals surface area contributed by atoms with Crippen LogP contribution in [0.5, 0.6) is 5.75 Å². The number of hydrogen-bond acceptors (Lipinski definition) is 2. The maximum absolute atomic E-state index is 6.02. The van der Waals surface area contributed by atoms with E-state index < -0.39 is 0 Å². The summed E-state index contributed by atoms with van der Waals surface area (Å²) in [4.78, 5) is 0. The molecule has 1 heterocycles. The highest BCUT2D eigenvalue weighted by Gasteiger charge is 2.39. The minimum absolute atomic E-state index is 0.143. The van der Waals surface area contributed by atoms with Crippen molar-refractivity contribution in [3.8, 4) is 5.75 Å². The summed E-state index contributed by atoms with van der Waals surface area (Å²) in [5.41, 5.74) is 8.70. The first kappa shape index (κ1) is 11.6. The number of benzene rings is 1. The lowest BCUT2D eigenvalue weighted by molar-refractivity contribution is 0.244. The normalized spacial score (nSPS) is 17.7. The lowest BCUT2D eigenvalue weighted by Crippen LogP contribution is -2.41. The quantitative estimate of drug-likeness (QED) is 0.901. The second-order valence-corrected chi connectivity index (χ2v) is 5.38. The molecular weight excluding hydrogens is 224 g/mol. The molecule has 2 aromatic rings. The standard InChI is InChI=1S/C15H20N2O/c1-17-7-4-11-8-14(18-2)12(9-13(11)17)15(10-16)5-3-6-15/h4,7-9H,3,5-6,10,16H2,1-2H3. The molecule has 0 unspecified atom stereocenters. The molecule has 0 atom stereocenters. The van der Waals surface area contributed by atoms with E-state index in [0.29, 0.717) is 6.54 Å². The molecule has 3 heteroatoms. The minimum atomic E-state index is 0.143. The van der Waals surface area contributed by atoms with E-state index in [1.54, 1.807) is 7.11 Å². The van der Waals surface area contributed by atoms with E-state index in [9.17, 15) is 0 Å². The molecule has 96 valence electrons. The molecule has 3 rings (SSSR count). The van der Waals surface area contributed by atoms with Crippen molar-refractivity contribution in [3.63, 3.8) is 0 Å². The number of rotatable bonds is 3. The molecule has 3 nitrogen and oxygen atoms in total. The Balaban J connectivity index is 2.22. The van der Waals surface area contributed by atoms with Gasteiger partial charge in [0.15, 0.2) is 0 Å². The molecule has 0 aliphatic heterocycles. The van der Waals surface area contributed by atoms with Crippen LogP contribution in [0.2, 0.25) is 0 Å². The van der Waals surface area contributed by atoms with Crippen molar-refractivity contribution in [3.05, 3.63) is 30.0 Å². The van der Waals surface area contributed by atoms with Crippen molar-refractivity contribution >= 4 is 10.9 Å². The third-order valence-electron chi connectivity index (χ3n) is 4.48. The highest BCUT2D eigenvalue weighted by atomic mass is 16.5. The molecule has 1 aliphatic carbocycles. The van der Waals surface area contributed by atoms with E-state index in [2.05, 4.69) is 36.0 Å². The van der Waals surface area contributed by atoms with Crippen LogP contribution in [0.3, 0.4) is 0 Å². The molecule has 1 aromatic carbocycles. The van der Waals surface area contributed by atoms with Crippen LogP contribution in [0, 0.1) is 0 Å². The average Bonchev–Trinajstić information content (AvgIpc) is 2.69. The Morgan fingerprint density at radius 2 is 2.17 bits per heavy atom. The fraction of sp³-hybridized carbons (Fsp3) is 0.467. The Morgan fingerprint density at radius 3 is 2.72 bits per heavy atom. The molecule has 0 saturated heterocycles. The van der Waals surface area contributed by atoms with Gasteiger partial charge >= 0.3 is 0 Å². The highest BCUT2D eigenvalue weighted by Crippen LogP contribution is 2.47. The third-order valence-corrected chi connectivity index (χ3v) is 4.48.